The van der Waals surface area contributed by atoms with Crippen LogP contribution in [-0.4, -0.2) is 28.1 Å². The quantitative estimate of drug-likeness (QED) is 0.551. The van der Waals surface area contributed by atoms with Crippen LogP contribution in [0.2, 0.25) is 0 Å². The molecular weight excluding hydrogens is 374 g/mol. The van der Waals surface area contributed by atoms with Gasteiger partial charge in [0.05, 0.1) is 6.61 Å². The maximum atomic E-state index is 13.3. The SMILES string of the molecule is CCOc1ccc(NC(=O)N(Cc2cn(C)c3ccccc23)C2CCCCC2)cc1. The van der Waals surface area contributed by atoms with Gasteiger partial charge in [0, 0.05) is 42.4 Å². The Hall–Kier alpha value is -2.95. The molecule has 1 aromatic heterocycles. The number of benzene rings is 2. The average molecular weight is 406 g/mol. The topological polar surface area (TPSA) is 46.5 Å². The Morgan fingerprint density at radius 3 is 2.57 bits per heavy atom. The van der Waals surface area contributed by atoms with E-state index in [9.17, 15) is 4.79 Å². The molecule has 1 aliphatic carbocycles. The molecule has 1 N–H and O–H groups in total. The van der Waals surface area contributed by atoms with Crippen molar-refractivity contribution in [2.45, 2.75) is 51.6 Å². The van der Waals surface area contributed by atoms with E-state index >= 15 is 0 Å². The van der Waals surface area contributed by atoms with Crippen LogP contribution in [0.15, 0.2) is 54.7 Å². The molecule has 0 saturated heterocycles. The van der Waals surface area contributed by atoms with Gasteiger partial charge in [-0.3, -0.25) is 0 Å². The highest BCUT2D eigenvalue weighted by Gasteiger charge is 2.26. The summed E-state index contributed by atoms with van der Waals surface area (Å²) in [5.74, 6) is 0.815. The number of hydrogen-bond donors (Lipinski definition) is 1. The third-order valence-electron chi connectivity index (χ3n) is 6.01. The highest BCUT2D eigenvalue weighted by Crippen LogP contribution is 2.28. The van der Waals surface area contributed by atoms with E-state index in [-0.39, 0.29) is 12.1 Å². The van der Waals surface area contributed by atoms with E-state index in [4.69, 9.17) is 4.74 Å². The largest absolute Gasteiger partial charge is 0.494 e. The average Bonchev–Trinajstić information content (AvgIpc) is 3.10. The molecule has 1 fully saturated rings. The number of aryl methyl sites for hydroxylation is 1. The normalized spacial score (nSPS) is 14.6. The minimum absolute atomic E-state index is 0.0287. The van der Waals surface area contributed by atoms with Crippen molar-refractivity contribution in [1.82, 2.24) is 9.47 Å². The lowest BCUT2D eigenvalue weighted by Crippen LogP contribution is -2.43. The fraction of sp³-hybridized carbons (Fsp3) is 0.400. The van der Waals surface area contributed by atoms with Crippen molar-refractivity contribution in [2.24, 2.45) is 7.05 Å². The lowest BCUT2D eigenvalue weighted by atomic mass is 9.94. The number of carbonyl (C=O) groups excluding carboxylic acids is 1. The van der Waals surface area contributed by atoms with Crippen molar-refractivity contribution < 1.29 is 9.53 Å². The summed E-state index contributed by atoms with van der Waals surface area (Å²) in [6.07, 6.45) is 7.94. The number of urea groups is 1. The lowest BCUT2D eigenvalue weighted by molar-refractivity contribution is 0.163. The molecule has 30 heavy (non-hydrogen) atoms. The molecule has 0 unspecified atom stereocenters. The van der Waals surface area contributed by atoms with E-state index in [0.29, 0.717) is 13.2 Å². The van der Waals surface area contributed by atoms with Gasteiger partial charge in [-0.2, -0.15) is 0 Å². The Bertz CT molecular complexity index is 987. The van der Waals surface area contributed by atoms with Crippen molar-refractivity contribution >= 4 is 22.6 Å². The number of para-hydroxylation sites is 1. The number of nitrogens with zero attached hydrogens (tertiary/aromatic N) is 2. The van der Waals surface area contributed by atoms with Crippen LogP contribution in [-0.2, 0) is 13.6 Å². The molecule has 0 bridgehead atoms. The number of rotatable bonds is 6. The van der Waals surface area contributed by atoms with E-state index in [0.717, 1.165) is 24.3 Å². The minimum Gasteiger partial charge on any atom is -0.494 e. The first kappa shape index (κ1) is 20.3. The molecule has 158 valence electrons. The number of aromatic nitrogens is 1. The number of hydrogen-bond acceptors (Lipinski definition) is 2. The molecule has 1 heterocycles. The van der Waals surface area contributed by atoms with Crippen LogP contribution < -0.4 is 10.1 Å². The van der Waals surface area contributed by atoms with Crippen molar-refractivity contribution in [3.05, 3.63) is 60.3 Å². The van der Waals surface area contributed by atoms with E-state index in [1.807, 2.05) is 36.1 Å². The van der Waals surface area contributed by atoms with Gasteiger partial charge in [-0.05, 0) is 55.7 Å². The summed E-state index contributed by atoms with van der Waals surface area (Å²) in [7, 11) is 2.07. The van der Waals surface area contributed by atoms with E-state index in [1.54, 1.807) is 0 Å². The standard InChI is InChI=1S/C25H31N3O2/c1-3-30-22-15-13-20(14-16-22)26-25(29)28(21-9-5-4-6-10-21)18-19-17-27(2)24-12-8-7-11-23(19)24/h7-8,11-17,21H,3-6,9-10,18H2,1-2H3,(H,26,29). The van der Waals surface area contributed by atoms with Crippen molar-refractivity contribution in [3.63, 3.8) is 0 Å². The number of ether oxygens (including phenoxy) is 1. The Morgan fingerprint density at radius 1 is 1.10 bits per heavy atom. The van der Waals surface area contributed by atoms with Gasteiger partial charge in [-0.1, -0.05) is 37.5 Å². The Kier molecular flexibility index (Phi) is 6.26. The van der Waals surface area contributed by atoms with Crippen LogP contribution in [0.4, 0.5) is 10.5 Å². The molecule has 3 aromatic rings. The van der Waals surface area contributed by atoms with Crippen LogP contribution >= 0.6 is 0 Å². The van der Waals surface area contributed by atoms with Gasteiger partial charge in [0.25, 0.3) is 0 Å². The number of anilines is 1. The maximum Gasteiger partial charge on any atom is 0.322 e. The predicted octanol–water partition coefficient (Wildman–Crippen LogP) is 5.94. The van der Waals surface area contributed by atoms with Gasteiger partial charge < -0.3 is 19.5 Å². The van der Waals surface area contributed by atoms with Gasteiger partial charge in [0.2, 0.25) is 0 Å². The molecule has 2 amide bonds. The van der Waals surface area contributed by atoms with Gasteiger partial charge in [0.15, 0.2) is 0 Å². The van der Waals surface area contributed by atoms with Gasteiger partial charge in [0.1, 0.15) is 5.75 Å². The zero-order valence-electron chi connectivity index (χ0n) is 17.9. The molecule has 0 aliphatic heterocycles. The molecule has 4 rings (SSSR count). The van der Waals surface area contributed by atoms with Crippen LogP contribution in [0.1, 0.15) is 44.6 Å². The van der Waals surface area contributed by atoms with Gasteiger partial charge in [-0.25, -0.2) is 4.79 Å². The summed E-state index contributed by atoms with van der Waals surface area (Å²) in [6.45, 7) is 3.21. The predicted molar refractivity (Wildman–Crippen MR) is 122 cm³/mol. The molecule has 0 radical (unpaired) electrons. The zero-order valence-corrected chi connectivity index (χ0v) is 17.9. The van der Waals surface area contributed by atoms with Crippen LogP contribution in [0, 0.1) is 0 Å². The maximum absolute atomic E-state index is 13.3. The van der Waals surface area contributed by atoms with E-state index < -0.39 is 0 Å². The minimum atomic E-state index is -0.0287. The van der Waals surface area contributed by atoms with Crippen LogP contribution in [0.25, 0.3) is 10.9 Å². The Morgan fingerprint density at radius 2 is 1.83 bits per heavy atom. The Labute approximate surface area is 178 Å². The summed E-state index contributed by atoms with van der Waals surface area (Å²) in [5, 5.41) is 4.33. The zero-order chi connectivity index (χ0) is 20.9. The summed E-state index contributed by atoms with van der Waals surface area (Å²) in [4.78, 5) is 15.4. The number of nitrogens with one attached hydrogen (secondary N) is 1. The molecular formula is C25H31N3O2. The highest BCUT2D eigenvalue weighted by atomic mass is 16.5. The van der Waals surface area contributed by atoms with Gasteiger partial charge >= 0.3 is 6.03 Å². The molecule has 5 heteroatoms. The van der Waals surface area contributed by atoms with E-state index in [1.165, 1.54) is 35.7 Å². The van der Waals surface area contributed by atoms with Gasteiger partial charge in [-0.15, -0.1) is 0 Å². The molecule has 1 aliphatic rings. The molecule has 0 atom stereocenters. The van der Waals surface area contributed by atoms with Crippen molar-refractivity contribution in [3.8, 4) is 5.75 Å². The second-order valence-electron chi connectivity index (χ2n) is 8.09. The first-order valence-corrected chi connectivity index (χ1v) is 11.0. The number of carbonyl (C=O) groups is 1. The number of amides is 2. The van der Waals surface area contributed by atoms with E-state index in [2.05, 4.69) is 47.4 Å². The van der Waals surface area contributed by atoms with Crippen molar-refractivity contribution in [2.75, 3.05) is 11.9 Å². The fourth-order valence-electron chi connectivity index (χ4n) is 4.49. The van der Waals surface area contributed by atoms with Crippen LogP contribution in [0.5, 0.6) is 5.75 Å². The monoisotopic (exact) mass is 405 g/mol. The fourth-order valence-corrected chi connectivity index (χ4v) is 4.49. The molecule has 2 aromatic carbocycles. The third kappa shape index (κ3) is 4.45. The van der Waals surface area contributed by atoms with Crippen molar-refractivity contribution in [1.29, 1.82) is 0 Å². The summed E-state index contributed by atoms with van der Waals surface area (Å²) < 4.78 is 7.65. The summed E-state index contributed by atoms with van der Waals surface area (Å²) >= 11 is 0. The third-order valence-corrected chi connectivity index (χ3v) is 6.01. The second kappa shape index (κ2) is 9.24. The smallest absolute Gasteiger partial charge is 0.322 e. The molecule has 0 spiro atoms. The summed E-state index contributed by atoms with van der Waals surface area (Å²) in [6, 6.07) is 16.3. The highest BCUT2D eigenvalue weighted by molar-refractivity contribution is 5.90. The molecule has 5 nitrogen and oxygen atoms in total. The lowest BCUT2D eigenvalue weighted by Gasteiger charge is -2.34. The Balaban J connectivity index is 1.56. The second-order valence-corrected chi connectivity index (χ2v) is 8.09. The summed E-state index contributed by atoms with van der Waals surface area (Å²) in [5.41, 5.74) is 3.19. The number of fused-ring (bicyclic) bond motifs is 1. The first-order chi connectivity index (χ1) is 14.7. The first-order valence-electron chi connectivity index (χ1n) is 11.0. The van der Waals surface area contributed by atoms with Crippen LogP contribution in [0.3, 0.4) is 0 Å². The molecule has 1 saturated carbocycles.